The summed E-state index contributed by atoms with van der Waals surface area (Å²) in [5.41, 5.74) is 5.95. The topological polar surface area (TPSA) is 64.9 Å². The average molecular weight is 237 g/mol. The zero-order valence-electron chi connectivity index (χ0n) is 9.60. The fourth-order valence-corrected chi connectivity index (χ4v) is 2.11. The predicted molar refractivity (Wildman–Crippen MR) is 64.1 cm³/mol. The van der Waals surface area contributed by atoms with Gasteiger partial charge in [0.25, 0.3) is 5.89 Å². The first-order valence-corrected chi connectivity index (χ1v) is 6.05. The zero-order chi connectivity index (χ0) is 11.7. The molecule has 5 heteroatoms. The number of rotatable bonds is 3. The van der Waals surface area contributed by atoms with Gasteiger partial charge in [-0.2, -0.15) is 4.98 Å². The summed E-state index contributed by atoms with van der Waals surface area (Å²) in [5.74, 6) is 1.44. The Hall–Kier alpha value is -1.20. The predicted octanol–water partition coefficient (Wildman–Crippen LogP) is 2.76. The Bertz CT molecular complexity index is 475. The summed E-state index contributed by atoms with van der Waals surface area (Å²) < 4.78 is 5.20. The van der Waals surface area contributed by atoms with E-state index in [1.165, 1.54) is 4.88 Å². The number of thiophene rings is 1. The molecule has 4 nitrogen and oxygen atoms in total. The van der Waals surface area contributed by atoms with Crippen molar-refractivity contribution in [3.05, 3.63) is 22.8 Å². The van der Waals surface area contributed by atoms with Gasteiger partial charge in [-0.05, 0) is 25.0 Å². The van der Waals surface area contributed by atoms with E-state index in [2.05, 4.69) is 10.1 Å². The molecule has 1 unspecified atom stereocenters. The van der Waals surface area contributed by atoms with Gasteiger partial charge in [0.15, 0.2) is 5.82 Å². The molecular formula is C11H15N3OS. The van der Waals surface area contributed by atoms with Gasteiger partial charge in [-0.15, -0.1) is 11.3 Å². The summed E-state index contributed by atoms with van der Waals surface area (Å²) in [5, 5.41) is 3.92. The first kappa shape index (κ1) is 11.3. The quantitative estimate of drug-likeness (QED) is 0.891. The highest BCUT2D eigenvalue weighted by Crippen LogP contribution is 2.27. The Balaban J connectivity index is 2.26. The van der Waals surface area contributed by atoms with E-state index >= 15 is 0 Å². The lowest BCUT2D eigenvalue weighted by Gasteiger charge is -2.09. The van der Waals surface area contributed by atoms with Gasteiger partial charge >= 0.3 is 0 Å². The van der Waals surface area contributed by atoms with E-state index in [1.54, 1.807) is 11.3 Å². The number of aryl methyl sites for hydroxylation is 1. The second-order valence-electron chi connectivity index (χ2n) is 4.14. The van der Waals surface area contributed by atoms with Gasteiger partial charge in [-0.25, -0.2) is 0 Å². The molecule has 0 aromatic carbocycles. The highest BCUT2D eigenvalue weighted by Gasteiger charge is 2.18. The Morgan fingerprint density at radius 2 is 2.12 bits per heavy atom. The van der Waals surface area contributed by atoms with Gasteiger partial charge in [-0.1, -0.05) is 19.0 Å². The van der Waals surface area contributed by atoms with Crippen molar-refractivity contribution in [2.45, 2.75) is 26.8 Å². The van der Waals surface area contributed by atoms with Gasteiger partial charge in [-0.3, -0.25) is 0 Å². The van der Waals surface area contributed by atoms with E-state index < -0.39 is 0 Å². The normalized spacial score (nSPS) is 13.3. The molecule has 0 spiro atoms. The van der Waals surface area contributed by atoms with Crippen LogP contribution in [0.2, 0.25) is 0 Å². The highest BCUT2D eigenvalue weighted by atomic mass is 32.1. The number of hydrogen-bond donors (Lipinski definition) is 1. The number of nitrogens with zero attached hydrogens (tertiary/aromatic N) is 2. The second-order valence-corrected chi connectivity index (χ2v) is 5.43. The van der Waals surface area contributed by atoms with Crippen molar-refractivity contribution >= 4 is 11.3 Å². The molecule has 2 N–H and O–H groups in total. The third-order valence-corrected chi connectivity index (χ3v) is 3.40. The highest BCUT2D eigenvalue weighted by molar-refractivity contribution is 7.15. The van der Waals surface area contributed by atoms with Crippen molar-refractivity contribution in [2.75, 3.05) is 0 Å². The maximum atomic E-state index is 5.95. The smallest absolute Gasteiger partial charge is 0.268 e. The van der Waals surface area contributed by atoms with Crippen LogP contribution in [0.4, 0.5) is 0 Å². The Morgan fingerprint density at radius 3 is 2.69 bits per heavy atom. The minimum atomic E-state index is -0.168. The molecule has 16 heavy (non-hydrogen) atoms. The Morgan fingerprint density at radius 1 is 1.38 bits per heavy atom. The largest absolute Gasteiger partial charge is 0.333 e. The Labute approximate surface area is 98.5 Å². The molecule has 2 rings (SSSR count). The van der Waals surface area contributed by atoms with Crippen LogP contribution in [-0.4, -0.2) is 10.1 Å². The zero-order valence-corrected chi connectivity index (χ0v) is 10.4. The molecule has 0 radical (unpaired) electrons. The lowest BCUT2D eigenvalue weighted by molar-refractivity contribution is 0.400. The van der Waals surface area contributed by atoms with Crippen molar-refractivity contribution in [1.82, 2.24) is 10.1 Å². The van der Waals surface area contributed by atoms with Gasteiger partial charge in [0, 0.05) is 4.88 Å². The van der Waals surface area contributed by atoms with Gasteiger partial charge in [0.2, 0.25) is 0 Å². The van der Waals surface area contributed by atoms with Crippen molar-refractivity contribution in [3.8, 4) is 10.8 Å². The molecule has 2 aromatic rings. The van der Waals surface area contributed by atoms with Crippen LogP contribution in [0.15, 0.2) is 16.7 Å². The molecule has 2 aromatic heterocycles. The van der Waals surface area contributed by atoms with Crippen LogP contribution in [0.25, 0.3) is 10.8 Å². The molecule has 2 heterocycles. The second kappa shape index (κ2) is 4.35. The summed E-state index contributed by atoms with van der Waals surface area (Å²) in [6.07, 6.45) is 0. The van der Waals surface area contributed by atoms with Gasteiger partial charge < -0.3 is 10.3 Å². The molecule has 0 saturated carbocycles. The van der Waals surface area contributed by atoms with Crippen LogP contribution >= 0.6 is 11.3 Å². The summed E-state index contributed by atoms with van der Waals surface area (Å²) >= 11 is 1.64. The average Bonchev–Trinajstić information content (AvgIpc) is 2.84. The van der Waals surface area contributed by atoms with Gasteiger partial charge in [0.05, 0.1) is 10.9 Å². The Kier molecular flexibility index (Phi) is 3.07. The van der Waals surface area contributed by atoms with E-state index in [4.69, 9.17) is 10.3 Å². The van der Waals surface area contributed by atoms with E-state index in [0.717, 1.165) is 4.88 Å². The minimum absolute atomic E-state index is 0.168. The monoisotopic (exact) mass is 237 g/mol. The van der Waals surface area contributed by atoms with Crippen LogP contribution < -0.4 is 5.73 Å². The molecule has 0 fully saturated rings. The van der Waals surface area contributed by atoms with E-state index in [0.29, 0.717) is 17.6 Å². The van der Waals surface area contributed by atoms with E-state index in [1.807, 2.05) is 32.9 Å². The van der Waals surface area contributed by atoms with Gasteiger partial charge in [0.1, 0.15) is 0 Å². The van der Waals surface area contributed by atoms with Crippen LogP contribution in [0.3, 0.4) is 0 Å². The third-order valence-electron chi connectivity index (χ3n) is 2.41. The molecular weight excluding hydrogens is 222 g/mol. The van der Waals surface area contributed by atoms with Crippen LogP contribution in [0.5, 0.6) is 0 Å². The van der Waals surface area contributed by atoms with Crippen LogP contribution in [0.1, 0.15) is 30.6 Å². The van der Waals surface area contributed by atoms with E-state index in [-0.39, 0.29) is 6.04 Å². The lowest BCUT2D eigenvalue weighted by Crippen LogP contribution is -2.18. The summed E-state index contributed by atoms with van der Waals surface area (Å²) in [6.45, 7) is 6.12. The molecule has 0 aliphatic carbocycles. The SMILES string of the molecule is Cc1ccc(-c2nc(C(N)C(C)C)no2)s1. The number of aromatic nitrogens is 2. The number of hydrogen-bond acceptors (Lipinski definition) is 5. The molecule has 1 atom stereocenters. The van der Waals surface area contributed by atoms with Crippen LogP contribution in [-0.2, 0) is 0 Å². The van der Waals surface area contributed by atoms with E-state index in [9.17, 15) is 0 Å². The molecule has 0 aliphatic heterocycles. The molecule has 0 bridgehead atoms. The van der Waals surface area contributed by atoms with Crippen LogP contribution in [0, 0.1) is 12.8 Å². The first-order chi connectivity index (χ1) is 7.58. The maximum absolute atomic E-state index is 5.95. The molecule has 0 saturated heterocycles. The summed E-state index contributed by atoms with van der Waals surface area (Å²) in [4.78, 5) is 6.54. The molecule has 0 aliphatic rings. The maximum Gasteiger partial charge on any atom is 0.268 e. The van der Waals surface area contributed by atoms with Crippen molar-refractivity contribution in [1.29, 1.82) is 0 Å². The van der Waals surface area contributed by atoms with Crippen molar-refractivity contribution in [3.63, 3.8) is 0 Å². The molecule has 0 amide bonds. The number of nitrogens with two attached hydrogens (primary N) is 1. The fourth-order valence-electron chi connectivity index (χ4n) is 1.32. The minimum Gasteiger partial charge on any atom is -0.333 e. The molecule has 86 valence electrons. The third kappa shape index (κ3) is 2.15. The fraction of sp³-hybridized carbons (Fsp3) is 0.455. The lowest BCUT2D eigenvalue weighted by atomic mass is 10.1. The van der Waals surface area contributed by atoms with Crippen molar-refractivity contribution < 1.29 is 4.52 Å². The van der Waals surface area contributed by atoms with Crippen molar-refractivity contribution in [2.24, 2.45) is 11.7 Å². The first-order valence-electron chi connectivity index (χ1n) is 5.24. The summed E-state index contributed by atoms with van der Waals surface area (Å²) in [6, 6.07) is 3.85. The summed E-state index contributed by atoms with van der Waals surface area (Å²) in [7, 11) is 0. The standard InChI is InChI=1S/C11H15N3OS/c1-6(2)9(12)10-13-11(15-14-10)8-5-4-7(3)16-8/h4-6,9H,12H2,1-3H3.